The van der Waals surface area contributed by atoms with Gasteiger partial charge in [0.1, 0.15) is 0 Å². The first-order valence-electron chi connectivity index (χ1n) is 5.41. The average molecular weight is 258 g/mol. The summed E-state index contributed by atoms with van der Waals surface area (Å²) in [6.45, 7) is 2.36. The molecule has 6 heteroatoms. The van der Waals surface area contributed by atoms with Crippen LogP contribution in [0.15, 0.2) is 18.2 Å². The second kappa shape index (κ2) is 5.74. The molecule has 0 bridgehead atoms. The van der Waals surface area contributed by atoms with Gasteiger partial charge in [0.15, 0.2) is 0 Å². The Morgan fingerprint density at radius 2 is 2.06 bits per heavy atom. The molecule has 0 amide bonds. The minimum atomic E-state index is -4.56. The van der Waals surface area contributed by atoms with Crippen LogP contribution in [0.25, 0.3) is 0 Å². The maximum absolute atomic E-state index is 12.7. The van der Waals surface area contributed by atoms with E-state index < -0.39 is 17.3 Å². The molecular formula is C12H13F3N2O. The standard InChI is InChI=1S/C12H13F3N2O/c1-2-17(5-6-18)10-4-3-9(8-16)11(7-10)12(13,14)15/h3-4,7,18H,2,5-6H2,1H3. The van der Waals surface area contributed by atoms with E-state index in [1.165, 1.54) is 12.1 Å². The van der Waals surface area contributed by atoms with E-state index in [1.807, 2.05) is 0 Å². The van der Waals surface area contributed by atoms with Gasteiger partial charge in [-0.05, 0) is 25.1 Å². The van der Waals surface area contributed by atoms with Gasteiger partial charge in [0.05, 0.1) is 23.8 Å². The predicted octanol–water partition coefficient (Wildman–Crippen LogP) is 2.40. The van der Waals surface area contributed by atoms with Crippen LogP contribution in [0.5, 0.6) is 0 Å². The lowest BCUT2D eigenvalue weighted by Gasteiger charge is -2.23. The van der Waals surface area contributed by atoms with Crippen molar-refractivity contribution in [3.8, 4) is 6.07 Å². The fourth-order valence-corrected chi connectivity index (χ4v) is 1.65. The van der Waals surface area contributed by atoms with Gasteiger partial charge in [-0.3, -0.25) is 0 Å². The van der Waals surface area contributed by atoms with Crippen LogP contribution in [0.1, 0.15) is 18.1 Å². The maximum atomic E-state index is 12.7. The lowest BCUT2D eigenvalue weighted by Crippen LogP contribution is -2.26. The Labute approximate surface area is 103 Å². The zero-order chi connectivity index (χ0) is 13.8. The van der Waals surface area contributed by atoms with Gasteiger partial charge in [0.25, 0.3) is 0 Å². The van der Waals surface area contributed by atoms with Crippen molar-refractivity contribution < 1.29 is 18.3 Å². The molecule has 0 unspecified atom stereocenters. The molecule has 98 valence electrons. The molecular weight excluding hydrogens is 245 g/mol. The minimum absolute atomic E-state index is 0.144. The van der Waals surface area contributed by atoms with E-state index in [-0.39, 0.29) is 13.2 Å². The highest BCUT2D eigenvalue weighted by molar-refractivity contribution is 5.54. The van der Waals surface area contributed by atoms with Crippen LogP contribution >= 0.6 is 0 Å². The number of aliphatic hydroxyl groups excluding tert-OH is 1. The van der Waals surface area contributed by atoms with E-state index in [9.17, 15) is 13.2 Å². The maximum Gasteiger partial charge on any atom is 0.417 e. The molecule has 0 atom stereocenters. The predicted molar refractivity (Wildman–Crippen MR) is 61.1 cm³/mol. The third kappa shape index (κ3) is 3.14. The molecule has 0 radical (unpaired) electrons. The number of aliphatic hydroxyl groups is 1. The lowest BCUT2D eigenvalue weighted by atomic mass is 10.1. The number of hydrogen-bond donors (Lipinski definition) is 1. The van der Waals surface area contributed by atoms with E-state index in [2.05, 4.69) is 0 Å². The second-order valence-electron chi connectivity index (χ2n) is 3.64. The van der Waals surface area contributed by atoms with Crippen molar-refractivity contribution in [1.82, 2.24) is 0 Å². The van der Waals surface area contributed by atoms with Gasteiger partial charge in [-0.1, -0.05) is 0 Å². The molecule has 0 aliphatic carbocycles. The molecule has 0 aromatic heterocycles. The number of likely N-dealkylation sites (N-methyl/N-ethyl adjacent to an activating group) is 1. The Balaban J connectivity index is 3.22. The van der Waals surface area contributed by atoms with E-state index in [0.29, 0.717) is 12.2 Å². The second-order valence-corrected chi connectivity index (χ2v) is 3.64. The van der Waals surface area contributed by atoms with Crippen molar-refractivity contribution in [2.45, 2.75) is 13.1 Å². The van der Waals surface area contributed by atoms with Crippen molar-refractivity contribution in [3.05, 3.63) is 29.3 Å². The summed E-state index contributed by atoms with van der Waals surface area (Å²) in [4.78, 5) is 1.61. The number of nitrogens with zero attached hydrogens (tertiary/aromatic N) is 2. The zero-order valence-corrected chi connectivity index (χ0v) is 9.83. The molecule has 0 aliphatic rings. The van der Waals surface area contributed by atoms with Crippen molar-refractivity contribution in [1.29, 1.82) is 5.26 Å². The van der Waals surface area contributed by atoms with Gasteiger partial charge >= 0.3 is 6.18 Å². The summed E-state index contributed by atoms with van der Waals surface area (Å²) in [5.74, 6) is 0. The fraction of sp³-hybridized carbons (Fsp3) is 0.417. The number of alkyl halides is 3. The van der Waals surface area contributed by atoms with Gasteiger partial charge < -0.3 is 10.0 Å². The first kappa shape index (κ1) is 14.3. The fourth-order valence-electron chi connectivity index (χ4n) is 1.65. The van der Waals surface area contributed by atoms with Crippen LogP contribution in [0.4, 0.5) is 18.9 Å². The van der Waals surface area contributed by atoms with Gasteiger partial charge in [-0.25, -0.2) is 0 Å². The molecule has 18 heavy (non-hydrogen) atoms. The zero-order valence-electron chi connectivity index (χ0n) is 9.83. The number of halogens is 3. The van der Waals surface area contributed by atoms with Gasteiger partial charge in [0.2, 0.25) is 0 Å². The molecule has 0 saturated heterocycles. The summed E-state index contributed by atoms with van der Waals surface area (Å²) in [5, 5.41) is 17.5. The Bertz CT molecular complexity index is 452. The van der Waals surface area contributed by atoms with E-state index in [1.54, 1.807) is 11.8 Å². The monoisotopic (exact) mass is 258 g/mol. The number of nitriles is 1. The van der Waals surface area contributed by atoms with E-state index >= 15 is 0 Å². The van der Waals surface area contributed by atoms with Crippen LogP contribution in [-0.4, -0.2) is 24.8 Å². The van der Waals surface area contributed by atoms with Crippen molar-refractivity contribution >= 4 is 5.69 Å². The topological polar surface area (TPSA) is 47.3 Å². The summed E-state index contributed by atoms with van der Waals surface area (Å²) in [6.07, 6.45) is -4.56. The molecule has 1 aromatic rings. The van der Waals surface area contributed by atoms with Crippen molar-refractivity contribution in [2.24, 2.45) is 0 Å². The van der Waals surface area contributed by atoms with Crippen molar-refractivity contribution in [3.63, 3.8) is 0 Å². The first-order chi connectivity index (χ1) is 8.43. The number of anilines is 1. The van der Waals surface area contributed by atoms with Crippen LogP contribution < -0.4 is 4.90 Å². The highest BCUT2D eigenvalue weighted by Crippen LogP contribution is 2.34. The van der Waals surface area contributed by atoms with Crippen molar-refractivity contribution in [2.75, 3.05) is 24.6 Å². The Morgan fingerprint density at radius 1 is 1.39 bits per heavy atom. The summed E-state index contributed by atoms with van der Waals surface area (Å²) < 4.78 is 38.2. The summed E-state index contributed by atoms with van der Waals surface area (Å²) >= 11 is 0. The summed E-state index contributed by atoms with van der Waals surface area (Å²) in [7, 11) is 0. The molecule has 0 aliphatic heterocycles. The number of benzene rings is 1. The van der Waals surface area contributed by atoms with Gasteiger partial charge in [-0.15, -0.1) is 0 Å². The molecule has 0 saturated carbocycles. The average Bonchev–Trinajstić information content (AvgIpc) is 2.34. The molecule has 3 nitrogen and oxygen atoms in total. The summed E-state index contributed by atoms with van der Waals surface area (Å²) in [6, 6.07) is 5.07. The minimum Gasteiger partial charge on any atom is -0.395 e. The van der Waals surface area contributed by atoms with Crippen LogP contribution in [-0.2, 0) is 6.18 Å². The third-order valence-electron chi connectivity index (χ3n) is 2.55. The largest absolute Gasteiger partial charge is 0.417 e. The summed E-state index contributed by atoms with van der Waals surface area (Å²) in [5.41, 5.74) is -0.997. The van der Waals surface area contributed by atoms with Crippen LogP contribution in [0.2, 0.25) is 0 Å². The molecule has 0 fully saturated rings. The smallest absolute Gasteiger partial charge is 0.395 e. The highest BCUT2D eigenvalue weighted by Gasteiger charge is 2.34. The van der Waals surface area contributed by atoms with Crippen LogP contribution in [0.3, 0.4) is 0 Å². The van der Waals surface area contributed by atoms with Gasteiger partial charge in [0, 0.05) is 18.8 Å². The van der Waals surface area contributed by atoms with E-state index in [0.717, 1.165) is 12.1 Å². The quantitative estimate of drug-likeness (QED) is 0.902. The number of hydrogen-bond acceptors (Lipinski definition) is 3. The Kier molecular flexibility index (Phi) is 4.56. The lowest BCUT2D eigenvalue weighted by molar-refractivity contribution is -0.137. The highest BCUT2D eigenvalue weighted by atomic mass is 19.4. The number of rotatable bonds is 4. The van der Waals surface area contributed by atoms with E-state index in [4.69, 9.17) is 10.4 Å². The molecule has 1 rings (SSSR count). The van der Waals surface area contributed by atoms with Crippen LogP contribution in [0, 0.1) is 11.3 Å². The Hall–Kier alpha value is -1.74. The first-order valence-corrected chi connectivity index (χ1v) is 5.41. The SMILES string of the molecule is CCN(CCO)c1ccc(C#N)c(C(F)(F)F)c1. The third-order valence-corrected chi connectivity index (χ3v) is 2.55. The molecule has 1 aromatic carbocycles. The molecule has 0 heterocycles. The molecule has 1 N–H and O–H groups in total. The normalized spacial score (nSPS) is 11.1. The van der Waals surface area contributed by atoms with Gasteiger partial charge in [-0.2, -0.15) is 18.4 Å². The Morgan fingerprint density at radius 3 is 2.50 bits per heavy atom. The molecule has 0 spiro atoms.